The second-order valence-corrected chi connectivity index (χ2v) is 11.0. The van der Waals surface area contributed by atoms with Gasteiger partial charge in [-0.3, -0.25) is 9.80 Å². The van der Waals surface area contributed by atoms with Gasteiger partial charge in [-0.15, -0.1) is 0 Å². The van der Waals surface area contributed by atoms with Crippen LogP contribution in [0.25, 0.3) is 0 Å². The highest BCUT2D eigenvalue weighted by atomic mass is 19.1. The summed E-state index contributed by atoms with van der Waals surface area (Å²) in [5.41, 5.74) is 3.29. The molecule has 3 aromatic rings. The SMILES string of the molecule is COc1ccc(CN2CCC(C(c3cccc(F)c3)N3CCN(C(=O)OCc4ccccc4)C[C@@H]3C)CC2)cc1. The minimum Gasteiger partial charge on any atom is -0.497 e. The van der Waals surface area contributed by atoms with Crippen molar-refractivity contribution in [3.05, 3.63) is 101 Å². The third-order valence-electron chi connectivity index (χ3n) is 8.33. The normalized spacial score (nSPS) is 19.8. The third kappa shape index (κ3) is 7.01. The van der Waals surface area contributed by atoms with Gasteiger partial charge in [0, 0.05) is 38.3 Å². The number of hydrogen-bond donors (Lipinski definition) is 0. The first-order chi connectivity index (χ1) is 19.5. The summed E-state index contributed by atoms with van der Waals surface area (Å²) in [5.74, 6) is 1.09. The number of piperazine rings is 1. The molecule has 0 saturated carbocycles. The van der Waals surface area contributed by atoms with Crippen molar-refractivity contribution in [2.75, 3.05) is 39.8 Å². The zero-order chi connectivity index (χ0) is 27.9. The van der Waals surface area contributed by atoms with Gasteiger partial charge in [-0.1, -0.05) is 54.6 Å². The van der Waals surface area contributed by atoms with Crippen molar-refractivity contribution in [3.8, 4) is 5.75 Å². The molecule has 0 aromatic heterocycles. The standard InChI is InChI=1S/C33H40FN3O3/c1-25-22-36(33(38)40-24-27-7-4-3-5-8-27)19-20-37(25)32(29-9-6-10-30(34)21-29)28-15-17-35(18-16-28)23-26-11-13-31(39-2)14-12-26/h3-14,21,25,28,32H,15-20,22-24H2,1-2H3/t25-,32?/m0/s1. The number of rotatable bonds is 8. The molecule has 1 amide bonds. The van der Waals surface area contributed by atoms with Crippen LogP contribution in [0, 0.1) is 11.7 Å². The van der Waals surface area contributed by atoms with Crippen molar-refractivity contribution in [1.82, 2.24) is 14.7 Å². The van der Waals surface area contributed by atoms with Crippen LogP contribution in [0.2, 0.25) is 0 Å². The van der Waals surface area contributed by atoms with Gasteiger partial charge in [0.15, 0.2) is 0 Å². The summed E-state index contributed by atoms with van der Waals surface area (Å²) in [6.07, 6.45) is 1.82. The van der Waals surface area contributed by atoms with E-state index in [9.17, 15) is 9.18 Å². The number of halogens is 1. The summed E-state index contributed by atoms with van der Waals surface area (Å²) in [6.45, 7) is 7.29. The Morgan fingerprint density at radius 2 is 1.68 bits per heavy atom. The number of amides is 1. The Morgan fingerprint density at radius 1 is 0.925 bits per heavy atom. The number of benzene rings is 3. The van der Waals surface area contributed by atoms with Gasteiger partial charge in [0.2, 0.25) is 0 Å². The van der Waals surface area contributed by atoms with Crippen LogP contribution in [0.15, 0.2) is 78.9 Å². The van der Waals surface area contributed by atoms with Gasteiger partial charge in [-0.05, 0) is 79.7 Å². The Bertz CT molecular complexity index is 1230. The summed E-state index contributed by atoms with van der Waals surface area (Å²) in [7, 11) is 1.69. The molecular formula is C33H40FN3O3. The molecule has 3 aromatic carbocycles. The number of piperidine rings is 1. The van der Waals surface area contributed by atoms with Gasteiger partial charge in [0.05, 0.1) is 7.11 Å². The van der Waals surface area contributed by atoms with Crippen molar-refractivity contribution in [3.63, 3.8) is 0 Å². The van der Waals surface area contributed by atoms with E-state index in [4.69, 9.17) is 9.47 Å². The smallest absolute Gasteiger partial charge is 0.410 e. The zero-order valence-electron chi connectivity index (χ0n) is 23.5. The lowest BCUT2D eigenvalue weighted by Crippen LogP contribution is -2.56. The van der Waals surface area contributed by atoms with Crippen molar-refractivity contribution in [2.24, 2.45) is 5.92 Å². The molecule has 0 aliphatic carbocycles. The number of likely N-dealkylation sites (tertiary alicyclic amines) is 1. The molecule has 0 N–H and O–H groups in total. The minimum absolute atomic E-state index is 0.108. The molecule has 0 radical (unpaired) electrons. The minimum atomic E-state index is -0.274. The highest BCUT2D eigenvalue weighted by Gasteiger charge is 2.38. The summed E-state index contributed by atoms with van der Waals surface area (Å²) in [4.78, 5) is 19.7. The molecular weight excluding hydrogens is 505 g/mol. The average molecular weight is 546 g/mol. The predicted octanol–water partition coefficient (Wildman–Crippen LogP) is 6.13. The lowest BCUT2D eigenvalue weighted by atomic mass is 9.83. The maximum Gasteiger partial charge on any atom is 0.410 e. The summed E-state index contributed by atoms with van der Waals surface area (Å²) >= 11 is 0. The quantitative estimate of drug-likeness (QED) is 0.341. The molecule has 40 heavy (non-hydrogen) atoms. The Hall–Kier alpha value is -3.42. The number of nitrogens with zero attached hydrogens (tertiary/aromatic N) is 3. The first-order valence-electron chi connectivity index (χ1n) is 14.3. The Balaban J connectivity index is 1.22. The monoisotopic (exact) mass is 545 g/mol. The first-order valence-corrected chi connectivity index (χ1v) is 14.3. The first kappa shape index (κ1) is 28.1. The molecule has 212 valence electrons. The van der Waals surface area contributed by atoms with Crippen molar-refractivity contribution >= 4 is 6.09 Å². The number of hydrogen-bond acceptors (Lipinski definition) is 5. The van der Waals surface area contributed by atoms with Crippen LogP contribution in [-0.4, -0.2) is 66.7 Å². The lowest BCUT2D eigenvalue weighted by molar-refractivity contribution is 0.00476. The molecule has 2 fully saturated rings. The van der Waals surface area contributed by atoms with Crippen LogP contribution in [0.1, 0.15) is 42.5 Å². The van der Waals surface area contributed by atoms with Crippen LogP contribution >= 0.6 is 0 Å². The summed E-state index contributed by atoms with van der Waals surface area (Å²) in [5, 5.41) is 0. The van der Waals surface area contributed by atoms with E-state index in [1.807, 2.05) is 53.4 Å². The van der Waals surface area contributed by atoms with E-state index in [2.05, 4.69) is 34.9 Å². The summed E-state index contributed by atoms with van der Waals surface area (Å²) in [6, 6.07) is 25.4. The highest BCUT2D eigenvalue weighted by Crippen LogP contribution is 2.38. The highest BCUT2D eigenvalue weighted by molar-refractivity contribution is 5.67. The fourth-order valence-electron chi connectivity index (χ4n) is 6.20. The van der Waals surface area contributed by atoms with Gasteiger partial charge in [-0.2, -0.15) is 0 Å². The molecule has 2 saturated heterocycles. The van der Waals surface area contributed by atoms with Crippen LogP contribution in [0.5, 0.6) is 5.75 Å². The van der Waals surface area contributed by atoms with Crippen LogP contribution < -0.4 is 4.74 Å². The van der Waals surface area contributed by atoms with E-state index in [-0.39, 0.29) is 30.6 Å². The number of methoxy groups -OCH3 is 1. The predicted molar refractivity (Wildman–Crippen MR) is 155 cm³/mol. The van der Waals surface area contributed by atoms with E-state index >= 15 is 0 Å². The molecule has 0 spiro atoms. The fourth-order valence-corrected chi connectivity index (χ4v) is 6.20. The Kier molecular flexibility index (Phi) is 9.34. The molecule has 1 unspecified atom stereocenters. The molecule has 2 aliphatic heterocycles. The van der Waals surface area contributed by atoms with Crippen molar-refractivity contribution in [2.45, 2.75) is 45.0 Å². The Morgan fingerprint density at radius 3 is 2.35 bits per heavy atom. The van der Waals surface area contributed by atoms with Crippen molar-refractivity contribution in [1.29, 1.82) is 0 Å². The molecule has 2 heterocycles. The molecule has 7 heteroatoms. The van der Waals surface area contributed by atoms with E-state index in [1.165, 1.54) is 11.6 Å². The van der Waals surface area contributed by atoms with Gasteiger partial charge in [0.1, 0.15) is 18.2 Å². The van der Waals surface area contributed by atoms with E-state index in [0.29, 0.717) is 19.0 Å². The van der Waals surface area contributed by atoms with E-state index in [0.717, 1.165) is 55.9 Å². The molecule has 2 aliphatic rings. The number of ether oxygens (including phenoxy) is 2. The third-order valence-corrected chi connectivity index (χ3v) is 8.33. The van der Waals surface area contributed by atoms with Gasteiger partial charge in [0.25, 0.3) is 0 Å². The maximum atomic E-state index is 14.4. The fraction of sp³-hybridized carbons (Fsp3) is 0.424. The lowest BCUT2D eigenvalue weighted by Gasteiger charge is -2.47. The van der Waals surface area contributed by atoms with E-state index < -0.39 is 0 Å². The molecule has 2 atom stereocenters. The Labute approximate surface area is 237 Å². The molecule has 0 bridgehead atoms. The van der Waals surface area contributed by atoms with E-state index in [1.54, 1.807) is 13.2 Å². The van der Waals surface area contributed by atoms with Crippen LogP contribution in [0.4, 0.5) is 9.18 Å². The number of carbonyl (C=O) groups is 1. The largest absolute Gasteiger partial charge is 0.497 e. The van der Waals surface area contributed by atoms with Gasteiger partial charge in [-0.25, -0.2) is 9.18 Å². The van der Waals surface area contributed by atoms with Gasteiger partial charge >= 0.3 is 6.09 Å². The number of carbonyl (C=O) groups excluding carboxylic acids is 1. The molecule has 6 nitrogen and oxygen atoms in total. The topological polar surface area (TPSA) is 45.2 Å². The maximum absolute atomic E-state index is 14.4. The van der Waals surface area contributed by atoms with Gasteiger partial charge < -0.3 is 14.4 Å². The summed E-state index contributed by atoms with van der Waals surface area (Å²) < 4.78 is 25.3. The molecule has 5 rings (SSSR count). The second-order valence-electron chi connectivity index (χ2n) is 11.0. The van der Waals surface area contributed by atoms with Crippen molar-refractivity contribution < 1.29 is 18.7 Å². The van der Waals surface area contributed by atoms with Crippen LogP contribution in [-0.2, 0) is 17.9 Å². The average Bonchev–Trinajstić information content (AvgIpc) is 2.98. The van der Waals surface area contributed by atoms with Crippen LogP contribution in [0.3, 0.4) is 0 Å². The second kappa shape index (κ2) is 13.3. The zero-order valence-corrected chi connectivity index (χ0v) is 23.5.